The summed E-state index contributed by atoms with van der Waals surface area (Å²) in [6, 6.07) is 2.04. The van der Waals surface area contributed by atoms with Gasteiger partial charge in [-0.15, -0.1) is 23.7 Å². The summed E-state index contributed by atoms with van der Waals surface area (Å²) in [6.07, 6.45) is 1.97. The smallest absolute Gasteiger partial charge is 0.174 e. The zero-order valence-corrected chi connectivity index (χ0v) is 10.1. The zero-order valence-electron chi connectivity index (χ0n) is 8.45. The third-order valence-corrected chi connectivity index (χ3v) is 2.57. The highest BCUT2D eigenvalue weighted by atomic mass is 35.5. The average Bonchev–Trinajstić information content (AvgIpc) is 2.49. The Labute approximate surface area is 95.2 Å². The number of thiophene rings is 1. The molecule has 1 aromatic heterocycles. The first-order chi connectivity index (χ1) is 6.22. The van der Waals surface area contributed by atoms with Crippen LogP contribution in [0.1, 0.15) is 12.5 Å². The third kappa shape index (κ3) is 4.65. The molecule has 0 amide bonds. The fraction of sp³-hybridized carbons (Fsp3) is 0.400. The van der Waals surface area contributed by atoms with Crippen molar-refractivity contribution in [1.82, 2.24) is 0 Å². The average molecular weight is 234 g/mol. The summed E-state index contributed by atoms with van der Waals surface area (Å²) in [4.78, 5) is 0. The van der Waals surface area contributed by atoms with Crippen LogP contribution in [0.4, 0.5) is 0 Å². The van der Waals surface area contributed by atoms with Crippen LogP contribution < -0.4 is 10.5 Å². The highest BCUT2D eigenvalue weighted by Crippen LogP contribution is 2.22. The van der Waals surface area contributed by atoms with Crippen molar-refractivity contribution in [1.29, 1.82) is 0 Å². The van der Waals surface area contributed by atoms with Crippen LogP contribution in [0.5, 0.6) is 5.06 Å². The highest BCUT2D eigenvalue weighted by Gasteiger charge is 1.96. The van der Waals surface area contributed by atoms with Gasteiger partial charge in [0.1, 0.15) is 6.61 Å². The van der Waals surface area contributed by atoms with Gasteiger partial charge >= 0.3 is 0 Å². The Morgan fingerprint density at radius 2 is 2.36 bits per heavy atom. The molecular weight excluding hydrogens is 218 g/mol. The molecule has 0 bridgehead atoms. The molecule has 1 heterocycles. The lowest BCUT2D eigenvalue weighted by atomic mass is 10.3. The molecule has 0 spiro atoms. The van der Waals surface area contributed by atoms with Gasteiger partial charge in [-0.25, -0.2) is 0 Å². The van der Waals surface area contributed by atoms with Gasteiger partial charge in [0, 0.05) is 6.54 Å². The molecular formula is C10H16ClNOS. The maximum absolute atomic E-state index is 5.54. The standard InChI is InChI=1S/C10H15NOS.ClH/c1-8(3-4-11)6-12-10-5-9(2)7-13-10;/h3,5,7H,4,6,11H2,1-2H3;1H. The molecule has 0 fully saturated rings. The molecule has 0 atom stereocenters. The Hall–Kier alpha value is -0.510. The summed E-state index contributed by atoms with van der Waals surface area (Å²) in [6.45, 7) is 5.30. The van der Waals surface area contributed by atoms with E-state index < -0.39 is 0 Å². The van der Waals surface area contributed by atoms with Gasteiger partial charge in [0.25, 0.3) is 0 Å². The molecule has 0 aliphatic carbocycles. The summed E-state index contributed by atoms with van der Waals surface area (Å²) in [5, 5.41) is 3.05. The van der Waals surface area contributed by atoms with Crippen molar-refractivity contribution in [3.05, 3.63) is 28.7 Å². The minimum atomic E-state index is 0. The van der Waals surface area contributed by atoms with Gasteiger partial charge < -0.3 is 10.5 Å². The first-order valence-corrected chi connectivity index (χ1v) is 5.14. The van der Waals surface area contributed by atoms with Gasteiger partial charge in [-0.05, 0) is 36.4 Å². The second-order valence-electron chi connectivity index (χ2n) is 3.02. The summed E-state index contributed by atoms with van der Waals surface area (Å²) in [7, 11) is 0. The van der Waals surface area contributed by atoms with Crippen molar-refractivity contribution in [3.8, 4) is 5.06 Å². The maximum Gasteiger partial charge on any atom is 0.174 e. The molecule has 2 N–H and O–H groups in total. The van der Waals surface area contributed by atoms with Gasteiger partial charge in [-0.2, -0.15) is 0 Å². The minimum absolute atomic E-state index is 0. The fourth-order valence-corrected chi connectivity index (χ4v) is 1.68. The van der Waals surface area contributed by atoms with Crippen molar-refractivity contribution in [2.24, 2.45) is 5.73 Å². The van der Waals surface area contributed by atoms with Gasteiger partial charge in [0.15, 0.2) is 5.06 Å². The zero-order chi connectivity index (χ0) is 9.68. The van der Waals surface area contributed by atoms with Crippen LogP contribution in [-0.2, 0) is 0 Å². The van der Waals surface area contributed by atoms with E-state index in [1.54, 1.807) is 11.3 Å². The van der Waals surface area contributed by atoms with Gasteiger partial charge in [-0.3, -0.25) is 0 Å². The van der Waals surface area contributed by atoms with Crippen LogP contribution in [-0.4, -0.2) is 13.2 Å². The lowest BCUT2D eigenvalue weighted by Gasteiger charge is -2.02. The molecule has 80 valence electrons. The van der Waals surface area contributed by atoms with Crippen LogP contribution in [0.3, 0.4) is 0 Å². The molecule has 2 nitrogen and oxygen atoms in total. The molecule has 0 aliphatic heterocycles. The van der Waals surface area contributed by atoms with Crippen LogP contribution in [0.15, 0.2) is 23.1 Å². The molecule has 0 unspecified atom stereocenters. The van der Waals surface area contributed by atoms with E-state index in [2.05, 4.69) is 12.3 Å². The summed E-state index contributed by atoms with van der Waals surface area (Å²) in [5.74, 6) is 0. The number of hydrogen-bond donors (Lipinski definition) is 1. The number of nitrogens with two attached hydrogens (primary N) is 1. The lowest BCUT2D eigenvalue weighted by Crippen LogP contribution is -2.01. The molecule has 0 saturated carbocycles. The van der Waals surface area contributed by atoms with Gasteiger partial charge in [-0.1, -0.05) is 6.08 Å². The Morgan fingerprint density at radius 3 is 2.86 bits per heavy atom. The summed E-state index contributed by atoms with van der Waals surface area (Å²) >= 11 is 1.63. The first-order valence-electron chi connectivity index (χ1n) is 4.26. The molecule has 0 aliphatic rings. The van der Waals surface area contributed by atoms with Crippen molar-refractivity contribution < 1.29 is 4.74 Å². The third-order valence-electron chi connectivity index (χ3n) is 1.61. The summed E-state index contributed by atoms with van der Waals surface area (Å²) in [5.41, 5.74) is 7.80. The Kier molecular flexibility index (Phi) is 6.62. The minimum Gasteiger partial charge on any atom is -0.480 e. The van der Waals surface area contributed by atoms with Crippen LogP contribution in [0.25, 0.3) is 0 Å². The first kappa shape index (κ1) is 13.5. The molecule has 14 heavy (non-hydrogen) atoms. The van der Waals surface area contributed by atoms with E-state index in [0.29, 0.717) is 13.2 Å². The van der Waals surface area contributed by atoms with Gasteiger partial charge in [0.05, 0.1) is 0 Å². The fourth-order valence-electron chi connectivity index (χ4n) is 0.926. The van der Waals surface area contributed by atoms with Gasteiger partial charge in [0.2, 0.25) is 0 Å². The lowest BCUT2D eigenvalue weighted by molar-refractivity contribution is 0.362. The monoisotopic (exact) mass is 233 g/mol. The molecule has 0 saturated heterocycles. The molecule has 1 rings (SSSR count). The van der Waals surface area contributed by atoms with E-state index in [4.69, 9.17) is 10.5 Å². The maximum atomic E-state index is 5.54. The van der Waals surface area contributed by atoms with Crippen molar-refractivity contribution >= 4 is 23.7 Å². The van der Waals surface area contributed by atoms with Crippen LogP contribution >= 0.6 is 23.7 Å². The molecule has 4 heteroatoms. The van der Waals surface area contributed by atoms with Crippen molar-refractivity contribution in [2.45, 2.75) is 13.8 Å². The summed E-state index contributed by atoms with van der Waals surface area (Å²) < 4.78 is 5.54. The Bertz CT molecular complexity index is 296. The predicted molar refractivity (Wildman–Crippen MR) is 64.6 cm³/mol. The van der Waals surface area contributed by atoms with Crippen LogP contribution in [0, 0.1) is 6.92 Å². The largest absolute Gasteiger partial charge is 0.480 e. The predicted octanol–water partition coefficient (Wildman–Crippen LogP) is 2.76. The van der Waals surface area contributed by atoms with E-state index in [1.165, 1.54) is 11.1 Å². The number of rotatable bonds is 4. The van der Waals surface area contributed by atoms with Crippen molar-refractivity contribution in [2.75, 3.05) is 13.2 Å². The Morgan fingerprint density at radius 1 is 1.64 bits per heavy atom. The number of halogens is 1. The number of aryl methyl sites for hydroxylation is 1. The van der Waals surface area contributed by atoms with E-state index in [1.807, 2.05) is 19.1 Å². The quantitative estimate of drug-likeness (QED) is 0.812. The second kappa shape index (κ2) is 6.87. The van der Waals surface area contributed by atoms with E-state index in [0.717, 1.165) is 5.06 Å². The van der Waals surface area contributed by atoms with Crippen LogP contribution in [0.2, 0.25) is 0 Å². The Balaban J connectivity index is 0.00000169. The number of ether oxygens (including phenoxy) is 1. The topological polar surface area (TPSA) is 35.2 Å². The highest BCUT2D eigenvalue weighted by molar-refractivity contribution is 7.12. The van der Waals surface area contributed by atoms with E-state index in [9.17, 15) is 0 Å². The molecule has 0 aromatic carbocycles. The second-order valence-corrected chi connectivity index (χ2v) is 3.89. The van der Waals surface area contributed by atoms with E-state index in [-0.39, 0.29) is 12.4 Å². The van der Waals surface area contributed by atoms with E-state index >= 15 is 0 Å². The SMILES string of the molecule is CC(=CCN)COc1cc(C)cs1.Cl. The molecule has 0 radical (unpaired) electrons. The molecule has 1 aromatic rings. The number of hydrogen-bond acceptors (Lipinski definition) is 3. The van der Waals surface area contributed by atoms with Crippen molar-refractivity contribution in [3.63, 3.8) is 0 Å². The normalized spacial score (nSPS) is 10.9.